The molecule has 1 spiro atoms. The van der Waals surface area contributed by atoms with Gasteiger partial charge in [-0.1, -0.05) is 6.42 Å². The highest BCUT2D eigenvalue weighted by molar-refractivity contribution is 5.85. The summed E-state index contributed by atoms with van der Waals surface area (Å²) in [7, 11) is 0. The number of primary amides is 1. The molecule has 0 aromatic rings. The van der Waals surface area contributed by atoms with E-state index in [1.165, 1.54) is 19.3 Å². The van der Waals surface area contributed by atoms with Crippen LogP contribution in [0.15, 0.2) is 0 Å². The van der Waals surface area contributed by atoms with Crippen LogP contribution >= 0.6 is 12.4 Å². The molecule has 2 unspecified atom stereocenters. The van der Waals surface area contributed by atoms with Gasteiger partial charge in [0.1, 0.15) is 0 Å². The summed E-state index contributed by atoms with van der Waals surface area (Å²) in [6, 6.07) is 0.343. The molecule has 2 fully saturated rings. The lowest BCUT2D eigenvalue weighted by Gasteiger charge is -2.60. The van der Waals surface area contributed by atoms with Gasteiger partial charge >= 0.3 is 0 Å². The summed E-state index contributed by atoms with van der Waals surface area (Å²) in [6.45, 7) is 0. The lowest BCUT2D eigenvalue weighted by atomic mass is 9.46. The van der Waals surface area contributed by atoms with Gasteiger partial charge in [0.05, 0.1) is 0 Å². The van der Waals surface area contributed by atoms with Crippen LogP contribution in [0, 0.1) is 11.3 Å². The zero-order valence-electron chi connectivity index (χ0n) is 7.66. The molecule has 1 amide bonds. The first kappa shape index (κ1) is 10.8. The molecule has 2 rings (SSSR count). The predicted molar refractivity (Wildman–Crippen MR) is 53.4 cm³/mol. The van der Waals surface area contributed by atoms with Crippen LogP contribution in [-0.4, -0.2) is 11.9 Å². The third-order valence-electron chi connectivity index (χ3n) is 3.82. The highest BCUT2D eigenvalue weighted by Gasteiger charge is 2.56. The molecule has 0 aromatic carbocycles. The van der Waals surface area contributed by atoms with Gasteiger partial charge in [-0.3, -0.25) is 4.79 Å². The second-order valence-corrected chi connectivity index (χ2v) is 4.30. The van der Waals surface area contributed by atoms with E-state index in [9.17, 15) is 4.79 Å². The zero-order valence-corrected chi connectivity index (χ0v) is 8.48. The predicted octanol–water partition coefficient (Wildman–Crippen LogP) is 0.801. The second kappa shape index (κ2) is 3.46. The van der Waals surface area contributed by atoms with E-state index in [1.807, 2.05) is 0 Å². The lowest BCUT2D eigenvalue weighted by molar-refractivity contribution is -0.127. The number of carbonyl (C=O) groups is 1. The third kappa shape index (κ3) is 1.44. The van der Waals surface area contributed by atoms with E-state index < -0.39 is 0 Å². The molecule has 3 nitrogen and oxygen atoms in total. The summed E-state index contributed by atoms with van der Waals surface area (Å²) in [4.78, 5) is 10.7. The van der Waals surface area contributed by atoms with Crippen molar-refractivity contribution in [3.05, 3.63) is 0 Å². The van der Waals surface area contributed by atoms with E-state index in [-0.39, 0.29) is 18.3 Å². The van der Waals surface area contributed by atoms with Gasteiger partial charge in [0.25, 0.3) is 0 Å². The maximum atomic E-state index is 10.7. The molecule has 0 aromatic heterocycles. The molecule has 76 valence electrons. The fraction of sp³-hybridized carbons (Fsp3) is 0.889. The van der Waals surface area contributed by atoms with E-state index in [0.29, 0.717) is 23.8 Å². The molecular weight excluding hydrogens is 188 g/mol. The minimum atomic E-state index is -0.168. The van der Waals surface area contributed by atoms with Crippen LogP contribution in [0.3, 0.4) is 0 Å². The van der Waals surface area contributed by atoms with Gasteiger partial charge in [0.2, 0.25) is 5.91 Å². The van der Waals surface area contributed by atoms with E-state index in [1.54, 1.807) is 0 Å². The van der Waals surface area contributed by atoms with E-state index in [0.717, 1.165) is 6.42 Å². The fourth-order valence-electron chi connectivity index (χ4n) is 2.81. The zero-order chi connectivity index (χ0) is 8.77. The van der Waals surface area contributed by atoms with Crippen molar-refractivity contribution in [3.63, 3.8) is 0 Å². The van der Waals surface area contributed by atoms with Crippen molar-refractivity contribution in [1.82, 2.24) is 0 Å². The summed E-state index contributed by atoms with van der Waals surface area (Å²) in [5, 5.41) is 0. The Labute approximate surface area is 84.6 Å². The molecule has 0 saturated heterocycles. The van der Waals surface area contributed by atoms with Crippen molar-refractivity contribution < 1.29 is 4.79 Å². The first-order valence-electron chi connectivity index (χ1n) is 4.69. The summed E-state index contributed by atoms with van der Waals surface area (Å²) in [5.41, 5.74) is 11.4. The van der Waals surface area contributed by atoms with Gasteiger partial charge in [-0.2, -0.15) is 0 Å². The molecule has 0 radical (unpaired) electrons. The topological polar surface area (TPSA) is 69.1 Å². The molecule has 4 heteroatoms. The van der Waals surface area contributed by atoms with Crippen molar-refractivity contribution in [2.24, 2.45) is 22.8 Å². The van der Waals surface area contributed by atoms with Crippen molar-refractivity contribution in [1.29, 1.82) is 0 Å². The molecule has 13 heavy (non-hydrogen) atoms. The molecule has 2 aliphatic carbocycles. The Balaban J connectivity index is 0.000000845. The van der Waals surface area contributed by atoms with Crippen LogP contribution in [0.2, 0.25) is 0 Å². The van der Waals surface area contributed by atoms with Gasteiger partial charge in [-0.05, 0) is 30.6 Å². The monoisotopic (exact) mass is 204 g/mol. The van der Waals surface area contributed by atoms with Crippen molar-refractivity contribution in [3.8, 4) is 0 Å². The normalized spacial score (nSPS) is 34.2. The number of rotatable bonds is 2. The smallest absolute Gasteiger partial charge is 0.217 e. The number of hydrogen-bond acceptors (Lipinski definition) is 2. The van der Waals surface area contributed by atoms with Crippen LogP contribution in [0.5, 0.6) is 0 Å². The number of carbonyl (C=O) groups excluding carboxylic acids is 1. The Hall–Kier alpha value is -0.280. The molecule has 2 saturated carbocycles. The van der Waals surface area contributed by atoms with Crippen LogP contribution in [0.1, 0.15) is 32.1 Å². The first-order valence-corrected chi connectivity index (χ1v) is 4.69. The Bertz CT molecular complexity index is 216. The van der Waals surface area contributed by atoms with Crippen molar-refractivity contribution in [2.75, 3.05) is 0 Å². The van der Waals surface area contributed by atoms with Crippen molar-refractivity contribution >= 4 is 18.3 Å². The summed E-state index contributed by atoms with van der Waals surface area (Å²) in [6.07, 6.45) is 5.26. The average Bonchev–Trinajstić information content (AvgIpc) is 1.81. The molecular formula is C9H17ClN2O. The maximum Gasteiger partial charge on any atom is 0.217 e. The Morgan fingerprint density at radius 2 is 2.08 bits per heavy atom. The van der Waals surface area contributed by atoms with E-state index in [2.05, 4.69) is 0 Å². The fourth-order valence-corrected chi connectivity index (χ4v) is 2.81. The van der Waals surface area contributed by atoms with Gasteiger partial charge in [0, 0.05) is 12.5 Å². The van der Waals surface area contributed by atoms with Gasteiger partial charge in [0.15, 0.2) is 0 Å². The summed E-state index contributed by atoms with van der Waals surface area (Å²) < 4.78 is 0. The molecule has 2 atom stereocenters. The second-order valence-electron chi connectivity index (χ2n) is 4.30. The van der Waals surface area contributed by atoms with E-state index >= 15 is 0 Å². The largest absolute Gasteiger partial charge is 0.370 e. The van der Waals surface area contributed by atoms with E-state index in [4.69, 9.17) is 11.5 Å². The quantitative estimate of drug-likeness (QED) is 0.699. The Morgan fingerprint density at radius 1 is 1.46 bits per heavy atom. The van der Waals surface area contributed by atoms with Gasteiger partial charge in [-0.25, -0.2) is 0 Å². The van der Waals surface area contributed by atoms with Gasteiger partial charge in [-0.15, -0.1) is 12.4 Å². The molecule has 2 aliphatic rings. The van der Waals surface area contributed by atoms with Crippen LogP contribution in [0.25, 0.3) is 0 Å². The maximum absolute atomic E-state index is 10.7. The standard InChI is InChI=1S/C9H16N2O.ClH/c10-7-4-6(5-8(11)12)9(7)2-1-3-9;/h6-7H,1-5,10H2,(H2,11,12);1H. The number of halogens is 1. The molecule has 0 bridgehead atoms. The Morgan fingerprint density at radius 3 is 2.38 bits per heavy atom. The van der Waals surface area contributed by atoms with Gasteiger partial charge < -0.3 is 11.5 Å². The van der Waals surface area contributed by atoms with Crippen molar-refractivity contribution in [2.45, 2.75) is 38.1 Å². The highest BCUT2D eigenvalue weighted by atomic mass is 35.5. The molecule has 0 aliphatic heterocycles. The van der Waals surface area contributed by atoms with Crippen LogP contribution in [0.4, 0.5) is 0 Å². The Kier molecular flexibility index (Phi) is 2.88. The highest BCUT2D eigenvalue weighted by Crippen LogP contribution is 2.59. The summed E-state index contributed by atoms with van der Waals surface area (Å²) >= 11 is 0. The molecule has 0 heterocycles. The third-order valence-corrected chi connectivity index (χ3v) is 3.82. The SMILES string of the molecule is Cl.NC(=O)CC1CC(N)C12CCC2. The first-order chi connectivity index (χ1) is 5.65. The minimum absolute atomic E-state index is 0. The average molecular weight is 205 g/mol. The minimum Gasteiger partial charge on any atom is -0.370 e. The number of nitrogens with two attached hydrogens (primary N) is 2. The molecule has 4 N–H and O–H groups in total. The summed E-state index contributed by atoms with van der Waals surface area (Å²) in [5.74, 6) is 0.330. The lowest BCUT2D eigenvalue weighted by Crippen LogP contribution is -2.62. The van der Waals surface area contributed by atoms with Crippen LogP contribution in [-0.2, 0) is 4.79 Å². The number of amides is 1. The number of hydrogen-bond donors (Lipinski definition) is 2. The van der Waals surface area contributed by atoms with Crippen LogP contribution < -0.4 is 11.5 Å².